The number of nitrogens with one attached hydrogen (secondary N) is 1. The summed E-state index contributed by atoms with van der Waals surface area (Å²) in [7, 11) is -1.06. The zero-order valence-electron chi connectivity index (χ0n) is 16.3. The highest BCUT2D eigenvalue weighted by atomic mass is 35.5. The van der Waals surface area contributed by atoms with Gasteiger partial charge in [0.25, 0.3) is 0 Å². The number of amides is 1. The summed E-state index contributed by atoms with van der Waals surface area (Å²) < 4.78 is 35.4. The first kappa shape index (κ1) is 22.5. The van der Waals surface area contributed by atoms with Gasteiger partial charge in [-0.2, -0.15) is 0 Å². The van der Waals surface area contributed by atoms with Crippen molar-refractivity contribution in [3.63, 3.8) is 0 Å². The molecule has 0 aliphatic rings. The Labute approximate surface area is 174 Å². The van der Waals surface area contributed by atoms with E-state index in [1.807, 2.05) is 0 Å². The van der Waals surface area contributed by atoms with Gasteiger partial charge in [0.1, 0.15) is 11.8 Å². The van der Waals surface area contributed by atoms with Crippen LogP contribution in [0.3, 0.4) is 0 Å². The molecule has 0 saturated heterocycles. The summed E-state index contributed by atoms with van der Waals surface area (Å²) in [6.45, 7) is 1.44. The van der Waals surface area contributed by atoms with Gasteiger partial charge >= 0.3 is 5.97 Å². The molecule has 29 heavy (non-hydrogen) atoms. The van der Waals surface area contributed by atoms with Gasteiger partial charge in [-0.3, -0.25) is 9.10 Å². The Morgan fingerprint density at radius 1 is 1.10 bits per heavy atom. The number of rotatable bonds is 7. The number of esters is 1. The Morgan fingerprint density at radius 3 is 2.24 bits per heavy atom. The van der Waals surface area contributed by atoms with E-state index in [1.54, 1.807) is 12.1 Å². The van der Waals surface area contributed by atoms with Crippen LogP contribution >= 0.6 is 11.6 Å². The van der Waals surface area contributed by atoms with E-state index in [0.717, 1.165) is 10.6 Å². The molecular weight excluding hydrogens is 420 g/mol. The number of halogens is 1. The van der Waals surface area contributed by atoms with Gasteiger partial charge in [0.2, 0.25) is 15.9 Å². The van der Waals surface area contributed by atoms with Gasteiger partial charge in [-0.15, -0.1) is 0 Å². The smallest absolute Gasteiger partial charge is 0.337 e. The highest BCUT2D eigenvalue weighted by Gasteiger charge is 2.29. The summed E-state index contributed by atoms with van der Waals surface area (Å²) >= 11 is 6.10. The van der Waals surface area contributed by atoms with Crippen LogP contribution in [0, 0.1) is 0 Å². The molecule has 0 unspecified atom stereocenters. The molecule has 1 amide bonds. The average molecular weight is 441 g/mol. The summed E-state index contributed by atoms with van der Waals surface area (Å²) in [6, 6.07) is 9.40. The topological polar surface area (TPSA) is 102 Å². The first-order valence-electron chi connectivity index (χ1n) is 8.40. The number of nitrogens with zero attached hydrogens (tertiary/aromatic N) is 1. The third kappa shape index (κ3) is 5.39. The van der Waals surface area contributed by atoms with Gasteiger partial charge in [-0.05, 0) is 49.4 Å². The highest BCUT2D eigenvalue weighted by Crippen LogP contribution is 2.27. The number of benzene rings is 2. The number of anilines is 2. The zero-order valence-corrected chi connectivity index (χ0v) is 17.9. The molecule has 0 aromatic heterocycles. The average Bonchev–Trinajstić information content (AvgIpc) is 2.68. The Morgan fingerprint density at radius 2 is 1.72 bits per heavy atom. The number of hydrogen-bond acceptors (Lipinski definition) is 6. The van der Waals surface area contributed by atoms with Crippen molar-refractivity contribution in [1.29, 1.82) is 0 Å². The molecule has 2 aromatic rings. The van der Waals surface area contributed by atoms with Crippen LogP contribution in [0.2, 0.25) is 5.02 Å². The van der Waals surface area contributed by atoms with Crippen molar-refractivity contribution in [3.8, 4) is 5.75 Å². The van der Waals surface area contributed by atoms with E-state index in [1.165, 1.54) is 51.5 Å². The molecule has 2 rings (SSSR count). The number of hydrogen-bond donors (Lipinski definition) is 1. The van der Waals surface area contributed by atoms with E-state index in [9.17, 15) is 18.0 Å². The van der Waals surface area contributed by atoms with Crippen LogP contribution in [0.5, 0.6) is 5.75 Å². The van der Waals surface area contributed by atoms with E-state index >= 15 is 0 Å². The third-order valence-corrected chi connectivity index (χ3v) is 5.63. The largest absolute Gasteiger partial charge is 0.497 e. The highest BCUT2D eigenvalue weighted by molar-refractivity contribution is 7.92. The van der Waals surface area contributed by atoms with Gasteiger partial charge in [0.05, 0.1) is 42.4 Å². The lowest BCUT2D eigenvalue weighted by atomic mass is 10.2. The quantitative estimate of drug-likeness (QED) is 0.664. The lowest BCUT2D eigenvalue weighted by Gasteiger charge is -2.28. The van der Waals surface area contributed by atoms with Gasteiger partial charge in [0.15, 0.2) is 0 Å². The van der Waals surface area contributed by atoms with Crippen molar-refractivity contribution < 1.29 is 27.5 Å². The van der Waals surface area contributed by atoms with Crippen molar-refractivity contribution in [3.05, 3.63) is 53.1 Å². The minimum Gasteiger partial charge on any atom is -0.497 e. The summed E-state index contributed by atoms with van der Waals surface area (Å²) in [5, 5.41) is 2.75. The number of sulfonamides is 1. The van der Waals surface area contributed by atoms with Crippen molar-refractivity contribution in [2.45, 2.75) is 13.0 Å². The molecule has 0 aliphatic heterocycles. The second-order valence-electron chi connectivity index (χ2n) is 6.11. The van der Waals surface area contributed by atoms with E-state index in [0.29, 0.717) is 11.4 Å². The SMILES string of the molecule is COC(=O)c1ccc(Cl)c(NC(=O)[C@@H](C)N(c2ccc(OC)cc2)S(C)(=O)=O)c1. The van der Waals surface area contributed by atoms with E-state index in [-0.39, 0.29) is 16.3 Å². The van der Waals surface area contributed by atoms with Crippen LogP contribution in [-0.2, 0) is 19.6 Å². The first-order valence-corrected chi connectivity index (χ1v) is 10.6. The molecule has 0 saturated carbocycles. The second-order valence-corrected chi connectivity index (χ2v) is 8.37. The lowest BCUT2D eigenvalue weighted by molar-refractivity contribution is -0.116. The maximum atomic E-state index is 12.8. The maximum absolute atomic E-state index is 12.8. The van der Waals surface area contributed by atoms with Crippen molar-refractivity contribution in [1.82, 2.24) is 0 Å². The van der Waals surface area contributed by atoms with E-state index in [4.69, 9.17) is 16.3 Å². The van der Waals surface area contributed by atoms with Crippen molar-refractivity contribution in [2.24, 2.45) is 0 Å². The Balaban J connectivity index is 2.33. The molecule has 1 atom stereocenters. The Kier molecular flexibility index (Phi) is 7.10. The molecule has 0 radical (unpaired) electrons. The van der Waals surface area contributed by atoms with Crippen molar-refractivity contribution in [2.75, 3.05) is 30.1 Å². The van der Waals surface area contributed by atoms with Crippen LogP contribution < -0.4 is 14.4 Å². The Hall–Kier alpha value is -2.78. The molecule has 0 fully saturated rings. The fraction of sp³-hybridized carbons (Fsp3) is 0.263. The number of carbonyl (C=O) groups excluding carboxylic acids is 2. The van der Waals surface area contributed by atoms with Crippen LogP contribution in [0.25, 0.3) is 0 Å². The van der Waals surface area contributed by atoms with Crippen LogP contribution in [0.15, 0.2) is 42.5 Å². The Bertz CT molecular complexity index is 1010. The molecule has 8 nitrogen and oxygen atoms in total. The third-order valence-electron chi connectivity index (χ3n) is 4.06. The zero-order chi connectivity index (χ0) is 21.8. The molecule has 1 N–H and O–H groups in total. The van der Waals surface area contributed by atoms with Gasteiger partial charge in [-0.25, -0.2) is 13.2 Å². The standard InChI is InChI=1S/C19H21ClN2O6S/c1-12(22(29(4,25)26)14-6-8-15(27-2)9-7-14)18(23)21-17-11-13(19(24)28-3)5-10-16(17)20/h5-12H,1-4H3,(H,21,23)/t12-/m1/s1. The van der Waals surface area contributed by atoms with Gasteiger partial charge < -0.3 is 14.8 Å². The molecule has 2 aromatic carbocycles. The predicted octanol–water partition coefficient (Wildman–Crippen LogP) is 2.93. The number of carbonyl (C=O) groups is 2. The minimum atomic E-state index is -3.79. The van der Waals surface area contributed by atoms with Gasteiger partial charge in [-0.1, -0.05) is 11.6 Å². The molecular formula is C19H21ClN2O6S. The fourth-order valence-electron chi connectivity index (χ4n) is 2.64. The van der Waals surface area contributed by atoms with Crippen molar-refractivity contribution >= 4 is 44.9 Å². The van der Waals surface area contributed by atoms with Crippen LogP contribution in [0.1, 0.15) is 17.3 Å². The molecule has 10 heteroatoms. The monoisotopic (exact) mass is 440 g/mol. The molecule has 0 bridgehead atoms. The van der Waals surface area contributed by atoms with Crippen LogP contribution in [0.4, 0.5) is 11.4 Å². The second kappa shape index (κ2) is 9.15. The molecule has 156 valence electrons. The normalized spacial score (nSPS) is 12.0. The summed E-state index contributed by atoms with van der Waals surface area (Å²) in [5.41, 5.74) is 0.648. The van der Waals surface area contributed by atoms with Crippen LogP contribution in [-0.4, -0.2) is 46.8 Å². The fourth-order valence-corrected chi connectivity index (χ4v) is 3.98. The predicted molar refractivity (Wildman–Crippen MR) is 111 cm³/mol. The van der Waals surface area contributed by atoms with E-state index < -0.39 is 27.9 Å². The van der Waals surface area contributed by atoms with Gasteiger partial charge in [0, 0.05) is 0 Å². The first-order chi connectivity index (χ1) is 13.6. The summed E-state index contributed by atoms with van der Waals surface area (Å²) in [5.74, 6) is -0.679. The maximum Gasteiger partial charge on any atom is 0.337 e. The number of ether oxygens (including phenoxy) is 2. The summed E-state index contributed by atoms with van der Waals surface area (Å²) in [6.07, 6.45) is 1.01. The summed E-state index contributed by atoms with van der Waals surface area (Å²) in [4.78, 5) is 24.5. The van der Waals surface area contributed by atoms with E-state index in [2.05, 4.69) is 10.1 Å². The molecule has 0 heterocycles. The molecule has 0 spiro atoms. The lowest BCUT2D eigenvalue weighted by Crippen LogP contribution is -2.45. The molecule has 0 aliphatic carbocycles. The number of methoxy groups -OCH3 is 2. The minimum absolute atomic E-state index is 0.162.